The van der Waals surface area contributed by atoms with Crippen LogP contribution in [0, 0.1) is 12.8 Å². The second-order valence-corrected chi connectivity index (χ2v) is 7.19. The normalized spacial score (nSPS) is 23.0. The number of nitrogens with zero attached hydrogens (tertiary/aromatic N) is 3. The number of nitrogens with two attached hydrogens (primary N) is 1. The molecule has 3 atom stereocenters. The van der Waals surface area contributed by atoms with E-state index in [1.165, 1.54) is 6.42 Å². The van der Waals surface area contributed by atoms with Crippen molar-refractivity contribution in [2.24, 2.45) is 5.92 Å². The molecule has 3 N–H and O–H groups in total. The number of nitrogen functional groups attached to an aromatic ring is 1. The van der Waals surface area contributed by atoms with E-state index in [-0.39, 0.29) is 28.0 Å². The van der Waals surface area contributed by atoms with Crippen LogP contribution in [0.3, 0.4) is 0 Å². The predicted molar refractivity (Wildman–Crippen MR) is 86.1 cm³/mol. The molecule has 1 amide bonds. The molecule has 22 heavy (non-hydrogen) atoms. The summed E-state index contributed by atoms with van der Waals surface area (Å²) >= 11 is 1.14. The molecule has 122 valence electrons. The maximum absolute atomic E-state index is 12.3. The Morgan fingerprint density at radius 1 is 1.41 bits per heavy atom. The molecular weight excluding hydrogens is 302 g/mol. The molecule has 1 heterocycles. The average molecular weight is 325 g/mol. The number of rotatable bonds is 4. The number of aryl methyl sites for hydroxylation is 1. The van der Waals surface area contributed by atoms with E-state index in [0.29, 0.717) is 5.92 Å². The minimum Gasteiger partial charge on any atom is -0.352 e. The molecule has 1 fully saturated rings. The lowest BCUT2D eigenvalue weighted by molar-refractivity contribution is -0.121. The lowest BCUT2D eigenvalue weighted by Gasteiger charge is -2.30. The molecule has 8 heteroatoms. The third kappa shape index (κ3) is 3.79. The van der Waals surface area contributed by atoms with Gasteiger partial charge in [-0.15, -0.1) is 10.2 Å². The molecule has 7 nitrogen and oxygen atoms in total. The quantitative estimate of drug-likeness (QED) is 0.628. The number of hydrogen-bond donors (Lipinski definition) is 2. The van der Waals surface area contributed by atoms with Crippen LogP contribution < -0.4 is 16.7 Å². The first-order valence-corrected chi connectivity index (χ1v) is 8.46. The minimum atomic E-state index is -0.397. The third-order valence-corrected chi connectivity index (χ3v) is 5.17. The van der Waals surface area contributed by atoms with Crippen LogP contribution in [0.5, 0.6) is 0 Å². The Hall–Kier alpha value is -1.57. The van der Waals surface area contributed by atoms with Gasteiger partial charge in [0, 0.05) is 6.04 Å². The van der Waals surface area contributed by atoms with Crippen molar-refractivity contribution in [2.75, 3.05) is 5.84 Å². The van der Waals surface area contributed by atoms with E-state index in [2.05, 4.69) is 22.4 Å². The molecule has 0 spiro atoms. The Bertz CT molecular complexity index is 603. The average Bonchev–Trinajstić information content (AvgIpc) is 2.50. The van der Waals surface area contributed by atoms with E-state index in [0.717, 1.165) is 35.7 Å². The summed E-state index contributed by atoms with van der Waals surface area (Å²) in [5, 5.41) is 10.6. The van der Waals surface area contributed by atoms with Crippen LogP contribution in [-0.4, -0.2) is 32.1 Å². The fourth-order valence-corrected chi connectivity index (χ4v) is 3.37. The monoisotopic (exact) mass is 325 g/mol. The van der Waals surface area contributed by atoms with Crippen molar-refractivity contribution in [3.8, 4) is 0 Å². The van der Waals surface area contributed by atoms with Gasteiger partial charge in [0.1, 0.15) is 5.69 Å². The molecule has 0 aliphatic heterocycles. The first kappa shape index (κ1) is 16.8. The zero-order valence-electron chi connectivity index (χ0n) is 13.2. The Morgan fingerprint density at radius 2 is 2.09 bits per heavy atom. The van der Waals surface area contributed by atoms with Crippen LogP contribution in [0.15, 0.2) is 9.95 Å². The van der Waals surface area contributed by atoms with Crippen molar-refractivity contribution >= 4 is 17.7 Å². The largest absolute Gasteiger partial charge is 0.352 e. The Balaban J connectivity index is 1.99. The standard InChI is InChI=1S/C14H23N5O2S/c1-8-6-4-5-7-11(8)16-12(20)10(3)22-14-18-17-9(2)13(21)19(14)15/h8,10-11H,4-7,15H2,1-3H3,(H,16,20)/t8-,10-,11+/m0/s1. The number of aromatic nitrogens is 3. The Morgan fingerprint density at radius 3 is 2.77 bits per heavy atom. The van der Waals surface area contributed by atoms with Gasteiger partial charge >= 0.3 is 0 Å². The highest BCUT2D eigenvalue weighted by molar-refractivity contribution is 8.00. The zero-order valence-corrected chi connectivity index (χ0v) is 14.0. The van der Waals surface area contributed by atoms with Gasteiger partial charge in [-0.25, -0.2) is 0 Å². The number of carbonyl (C=O) groups excluding carboxylic acids is 1. The molecule has 0 radical (unpaired) electrons. The van der Waals surface area contributed by atoms with Crippen molar-refractivity contribution in [3.05, 3.63) is 16.0 Å². The third-order valence-electron chi connectivity index (χ3n) is 4.11. The summed E-state index contributed by atoms with van der Waals surface area (Å²) in [7, 11) is 0. The van der Waals surface area contributed by atoms with Crippen LogP contribution in [-0.2, 0) is 4.79 Å². The summed E-state index contributed by atoms with van der Waals surface area (Å²) in [6.07, 6.45) is 4.56. The van der Waals surface area contributed by atoms with E-state index in [4.69, 9.17) is 5.84 Å². The molecule has 1 aromatic rings. The molecule has 1 aromatic heterocycles. The van der Waals surface area contributed by atoms with E-state index in [1.807, 2.05) is 0 Å². The number of nitrogens with one attached hydrogen (secondary N) is 1. The SMILES string of the molecule is Cc1nnc(S[C@@H](C)C(=O)N[C@@H]2CCCC[C@@H]2C)n(N)c1=O. The van der Waals surface area contributed by atoms with E-state index in [1.54, 1.807) is 13.8 Å². The molecule has 0 unspecified atom stereocenters. The Kier molecular flexibility index (Phi) is 5.44. The highest BCUT2D eigenvalue weighted by Crippen LogP contribution is 2.25. The fraction of sp³-hybridized carbons (Fsp3) is 0.714. The van der Waals surface area contributed by atoms with E-state index < -0.39 is 5.56 Å². The van der Waals surface area contributed by atoms with Gasteiger partial charge < -0.3 is 11.2 Å². The highest BCUT2D eigenvalue weighted by Gasteiger charge is 2.26. The van der Waals surface area contributed by atoms with Crippen molar-refractivity contribution < 1.29 is 4.79 Å². The van der Waals surface area contributed by atoms with Gasteiger partial charge in [0.15, 0.2) is 0 Å². The summed E-state index contributed by atoms with van der Waals surface area (Å²) in [5.74, 6) is 6.13. The summed E-state index contributed by atoms with van der Waals surface area (Å²) in [5.41, 5.74) is -0.161. The molecule has 1 aliphatic rings. The van der Waals surface area contributed by atoms with Gasteiger partial charge in [-0.1, -0.05) is 31.5 Å². The van der Waals surface area contributed by atoms with Gasteiger partial charge in [0.05, 0.1) is 5.25 Å². The van der Waals surface area contributed by atoms with Crippen molar-refractivity contribution in [2.45, 2.75) is 62.9 Å². The molecule has 0 bridgehead atoms. The van der Waals surface area contributed by atoms with E-state index >= 15 is 0 Å². The van der Waals surface area contributed by atoms with Crippen LogP contribution in [0.2, 0.25) is 0 Å². The van der Waals surface area contributed by atoms with Gasteiger partial charge in [-0.05, 0) is 32.6 Å². The molecular formula is C14H23N5O2S. The number of carbonyl (C=O) groups is 1. The van der Waals surface area contributed by atoms with Crippen LogP contribution in [0.1, 0.15) is 45.2 Å². The zero-order chi connectivity index (χ0) is 16.3. The first-order chi connectivity index (χ1) is 10.4. The lowest BCUT2D eigenvalue weighted by Crippen LogP contribution is -2.44. The van der Waals surface area contributed by atoms with Crippen molar-refractivity contribution in [1.29, 1.82) is 0 Å². The molecule has 1 aliphatic carbocycles. The lowest BCUT2D eigenvalue weighted by atomic mass is 9.86. The van der Waals surface area contributed by atoms with Gasteiger partial charge in [0.2, 0.25) is 11.1 Å². The summed E-state index contributed by atoms with van der Waals surface area (Å²) in [4.78, 5) is 24.0. The topological polar surface area (TPSA) is 103 Å². The smallest absolute Gasteiger partial charge is 0.294 e. The van der Waals surface area contributed by atoms with Crippen LogP contribution in [0.4, 0.5) is 0 Å². The fourth-order valence-electron chi connectivity index (χ4n) is 2.59. The highest BCUT2D eigenvalue weighted by atomic mass is 32.2. The summed E-state index contributed by atoms with van der Waals surface area (Å²) < 4.78 is 0.944. The number of thioether (sulfide) groups is 1. The van der Waals surface area contributed by atoms with Gasteiger partial charge in [-0.3, -0.25) is 9.59 Å². The van der Waals surface area contributed by atoms with Gasteiger partial charge in [-0.2, -0.15) is 4.68 Å². The second kappa shape index (κ2) is 7.13. The van der Waals surface area contributed by atoms with Gasteiger partial charge in [0.25, 0.3) is 5.56 Å². The first-order valence-electron chi connectivity index (χ1n) is 7.58. The molecule has 0 aromatic carbocycles. The van der Waals surface area contributed by atoms with Crippen LogP contribution in [0.25, 0.3) is 0 Å². The predicted octanol–water partition coefficient (Wildman–Crippen LogP) is 0.836. The maximum Gasteiger partial charge on any atom is 0.294 e. The Labute approximate surface area is 134 Å². The number of amides is 1. The molecule has 2 rings (SSSR count). The van der Waals surface area contributed by atoms with Crippen LogP contribution >= 0.6 is 11.8 Å². The minimum absolute atomic E-state index is 0.0569. The maximum atomic E-state index is 12.3. The molecule has 1 saturated carbocycles. The number of hydrogen-bond acceptors (Lipinski definition) is 6. The summed E-state index contributed by atoms with van der Waals surface area (Å²) in [6, 6.07) is 0.230. The summed E-state index contributed by atoms with van der Waals surface area (Å²) in [6.45, 7) is 5.50. The van der Waals surface area contributed by atoms with E-state index in [9.17, 15) is 9.59 Å². The van der Waals surface area contributed by atoms with Crippen molar-refractivity contribution in [1.82, 2.24) is 20.2 Å². The second-order valence-electron chi connectivity index (χ2n) is 5.88. The van der Waals surface area contributed by atoms with Crippen molar-refractivity contribution in [3.63, 3.8) is 0 Å². The molecule has 0 saturated heterocycles.